The molecule has 1 saturated heterocycles. The highest BCUT2D eigenvalue weighted by Crippen LogP contribution is 2.23. The lowest BCUT2D eigenvalue weighted by Crippen LogP contribution is -2.45. The Morgan fingerprint density at radius 2 is 1.79 bits per heavy atom. The Kier molecular flexibility index (Phi) is 8.01. The van der Waals surface area contributed by atoms with Crippen LogP contribution in [0.1, 0.15) is 22.3 Å². The molecule has 0 bridgehead atoms. The van der Waals surface area contributed by atoms with E-state index < -0.39 is 29.1 Å². The summed E-state index contributed by atoms with van der Waals surface area (Å²) in [6, 6.07) is 13.5. The molecule has 1 heterocycles. The Balaban J connectivity index is 1.63. The van der Waals surface area contributed by atoms with Crippen molar-refractivity contribution < 1.29 is 28.8 Å². The molecule has 1 aliphatic heterocycles. The molecule has 180 valence electrons. The van der Waals surface area contributed by atoms with Crippen LogP contribution < -0.4 is 5.32 Å². The standard InChI is InChI=1S/C23H26N4O7/c1-25(2)22(29)24-13-19-12-20(34-21(28)17-6-4-3-5-7-17)14-26(19)23(30)33-15-16-8-10-18(11-9-16)27(31)32/h3-11,19-20H,12-15H2,1-2H3,(H,24,29). The van der Waals surface area contributed by atoms with Gasteiger partial charge in [0.05, 0.1) is 23.1 Å². The zero-order chi connectivity index (χ0) is 24.7. The third kappa shape index (κ3) is 6.44. The first kappa shape index (κ1) is 24.5. The van der Waals surface area contributed by atoms with E-state index in [9.17, 15) is 24.5 Å². The normalized spacial score (nSPS) is 17.1. The zero-order valence-electron chi connectivity index (χ0n) is 18.9. The molecule has 1 aliphatic rings. The molecule has 11 heteroatoms. The molecule has 2 atom stereocenters. The number of nitrogens with zero attached hydrogens (tertiary/aromatic N) is 3. The van der Waals surface area contributed by atoms with Gasteiger partial charge in [0.2, 0.25) is 0 Å². The van der Waals surface area contributed by atoms with Crippen LogP contribution in [-0.4, -0.2) is 72.1 Å². The second kappa shape index (κ2) is 11.1. The Hall–Kier alpha value is -4.15. The molecule has 2 aromatic rings. The van der Waals surface area contributed by atoms with Crippen molar-refractivity contribution in [3.8, 4) is 0 Å². The summed E-state index contributed by atoms with van der Waals surface area (Å²) in [7, 11) is 3.20. The van der Waals surface area contributed by atoms with Crippen LogP contribution in [0.2, 0.25) is 0 Å². The fourth-order valence-electron chi connectivity index (χ4n) is 3.47. The van der Waals surface area contributed by atoms with E-state index in [-0.39, 0.29) is 31.4 Å². The number of carbonyl (C=O) groups is 3. The quantitative estimate of drug-likeness (QED) is 0.374. The number of nitro groups is 1. The van der Waals surface area contributed by atoms with Gasteiger partial charge in [0.1, 0.15) is 12.7 Å². The smallest absolute Gasteiger partial charge is 0.410 e. The van der Waals surface area contributed by atoms with E-state index >= 15 is 0 Å². The molecule has 0 radical (unpaired) electrons. The van der Waals surface area contributed by atoms with Crippen molar-refractivity contribution in [2.45, 2.75) is 25.2 Å². The molecule has 2 aromatic carbocycles. The Bertz CT molecular complexity index is 1030. The molecule has 0 aliphatic carbocycles. The number of nitrogens with one attached hydrogen (secondary N) is 1. The molecule has 1 fully saturated rings. The summed E-state index contributed by atoms with van der Waals surface area (Å²) in [6.07, 6.45) is -0.875. The van der Waals surface area contributed by atoms with Gasteiger partial charge >= 0.3 is 18.1 Å². The number of urea groups is 1. The van der Waals surface area contributed by atoms with Crippen molar-refractivity contribution in [3.63, 3.8) is 0 Å². The topological polar surface area (TPSA) is 131 Å². The molecule has 3 amide bonds. The summed E-state index contributed by atoms with van der Waals surface area (Å²) >= 11 is 0. The first-order valence-corrected chi connectivity index (χ1v) is 10.6. The van der Waals surface area contributed by atoms with E-state index in [0.29, 0.717) is 17.5 Å². The SMILES string of the molecule is CN(C)C(=O)NCC1CC(OC(=O)c2ccccc2)CN1C(=O)OCc1ccc([N+](=O)[O-])cc1. The van der Waals surface area contributed by atoms with Gasteiger partial charge in [-0.3, -0.25) is 15.0 Å². The number of rotatable bonds is 7. The van der Waals surface area contributed by atoms with Crippen molar-refractivity contribution in [2.24, 2.45) is 0 Å². The summed E-state index contributed by atoms with van der Waals surface area (Å²) in [4.78, 5) is 50.3. The molecular formula is C23H26N4O7. The lowest BCUT2D eigenvalue weighted by atomic mass is 10.2. The maximum Gasteiger partial charge on any atom is 0.410 e. The summed E-state index contributed by atoms with van der Waals surface area (Å²) in [5.41, 5.74) is 0.927. The molecular weight excluding hydrogens is 444 g/mol. The van der Waals surface area contributed by atoms with Crippen molar-refractivity contribution in [2.75, 3.05) is 27.2 Å². The van der Waals surface area contributed by atoms with Crippen LogP contribution in [0.25, 0.3) is 0 Å². The lowest BCUT2D eigenvalue weighted by Gasteiger charge is -2.24. The fourth-order valence-corrected chi connectivity index (χ4v) is 3.47. The number of hydrogen-bond donors (Lipinski definition) is 1. The first-order chi connectivity index (χ1) is 16.2. The van der Waals surface area contributed by atoms with Crippen LogP contribution in [0, 0.1) is 10.1 Å². The van der Waals surface area contributed by atoms with E-state index in [1.807, 2.05) is 0 Å². The highest BCUT2D eigenvalue weighted by Gasteiger charge is 2.38. The van der Waals surface area contributed by atoms with Gasteiger partial charge in [-0.05, 0) is 29.8 Å². The van der Waals surface area contributed by atoms with Gasteiger partial charge in [0, 0.05) is 39.2 Å². The van der Waals surface area contributed by atoms with Gasteiger partial charge in [-0.2, -0.15) is 0 Å². The van der Waals surface area contributed by atoms with Crippen molar-refractivity contribution in [1.82, 2.24) is 15.1 Å². The number of amides is 3. The summed E-state index contributed by atoms with van der Waals surface area (Å²) < 4.78 is 11.0. The van der Waals surface area contributed by atoms with Crippen molar-refractivity contribution in [1.29, 1.82) is 0 Å². The molecule has 1 N–H and O–H groups in total. The predicted molar refractivity (Wildman–Crippen MR) is 121 cm³/mol. The van der Waals surface area contributed by atoms with E-state index in [2.05, 4.69) is 5.32 Å². The maximum atomic E-state index is 12.8. The van der Waals surface area contributed by atoms with Crippen LogP contribution in [0.15, 0.2) is 54.6 Å². The van der Waals surface area contributed by atoms with Gasteiger partial charge in [-0.15, -0.1) is 0 Å². The van der Waals surface area contributed by atoms with Crippen molar-refractivity contribution in [3.05, 3.63) is 75.8 Å². The molecule has 11 nitrogen and oxygen atoms in total. The lowest BCUT2D eigenvalue weighted by molar-refractivity contribution is -0.384. The van der Waals surface area contributed by atoms with Crippen LogP contribution in [-0.2, 0) is 16.1 Å². The number of esters is 1. The molecule has 0 aromatic heterocycles. The van der Waals surface area contributed by atoms with E-state index in [0.717, 1.165) is 0 Å². The maximum absolute atomic E-state index is 12.8. The van der Waals surface area contributed by atoms with Crippen LogP contribution in [0.3, 0.4) is 0 Å². The average Bonchev–Trinajstić information content (AvgIpc) is 3.24. The van der Waals surface area contributed by atoms with Crippen LogP contribution in [0.5, 0.6) is 0 Å². The molecule has 34 heavy (non-hydrogen) atoms. The van der Waals surface area contributed by atoms with Gasteiger partial charge in [-0.25, -0.2) is 14.4 Å². The van der Waals surface area contributed by atoms with Crippen LogP contribution >= 0.6 is 0 Å². The number of nitro benzene ring substituents is 1. The van der Waals surface area contributed by atoms with E-state index in [4.69, 9.17) is 9.47 Å². The number of benzene rings is 2. The van der Waals surface area contributed by atoms with E-state index in [1.54, 1.807) is 44.4 Å². The van der Waals surface area contributed by atoms with E-state index in [1.165, 1.54) is 34.1 Å². The molecule has 3 rings (SSSR count). The second-order valence-electron chi connectivity index (χ2n) is 7.99. The second-order valence-corrected chi connectivity index (χ2v) is 7.99. The third-order valence-electron chi connectivity index (χ3n) is 5.30. The van der Waals surface area contributed by atoms with Gasteiger partial charge in [0.25, 0.3) is 5.69 Å². The summed E-state index contributed by atoms with van der Waals surface area (Å²) in [5.74, 6) is -0.497. The molecule has 2 unspecified atom stereocenters. The third-order valence-corrected chi connectivity index (χ3v) is 5.30. The number of carbonyl (C=O) groups excluding carboxylic acids is 3. The first-order valence-electron chi connectivity index (χ1n) is 10.6. The Morgan fingerprint density at radius 3 is 2.41 bits per heavy atom. The Morgan fingerprint density at radius 1 is 1.12 bits per heavy atom. The summed E-state index contributed by atoms with van der Waals surface area (Å²) in [5, 5.41) is 13.5. The molecule has 0 spiro atoms. The predicted octanol–water partition coefficient (Wildman–Crippen LogP) is 2.80. The fraction of sp³-hybridized carbons (Fsp3) is 0.348. The van der Waals surface area contributed by atoms with Crippen LogP contribution in [0.4, 0.5) is 15.3 Å². The minimum Gasteiger partial charge on any atom is -0.457 e. The number of likely N-dealkylation sites (tertiary alicyclic amines) is 1. The zero-order valence-corrected chi connectivity index (χ0v) is 18.9. The summed E-state index contributed by atoms with van der Waals surface area (Å²) in [6.45, 7) is 0.182. The number of hydrogen-bond acceptors (Lipinski definition) is 7. The average molecular weight is 470 g/mol. The van der Waals surface area contributed by atoms with Crippen molar-refractivity contribution >= 4 is 23.8 Å². The van der Waals surface area contributed by atoms with Gasteiger partial charge < -0.3 is 19.7 Å². The molecule has 0 saturated carbocycles. The number of ether oxygens (including phenoxy) is 2. The monoisotopic (exact) mass is 470 g/mol. The van der Waals surface area contributed by atoms with Gasteiger partial charge in [0.15, 0.2) is 0 Å². The van der Waals surface area contributed by atoms with Gasteiger partial charge in [-0.1, -0.05) is 18.2 Å². The highest BCUT2D eigenvalue weighted by atomic mass is 16.6. The largest absolute Gasteiger partial charge is 0.457 e. The number of non-ortho nitro benzene ring substituents is 1. The Labute approximate surface area is 196 Å². The minimum absolute atomic E-state index is 0.0607. The highest BCUT2D eigenvalue weighted by molar-refractivity contribution is 5.89. The minimum atomic E-state index is -0.638.